The molecule has 1 saturated heterocycles. The third-order valence-corrected chi connectivity index (χ3v) is 2.16. The van der Waals surface area contributed by atoms with E-state index in [1.165, 1.54) is 5.75 Å². The van der Waals surface area contributed by atoms with Gasteiger partial charge in [0, 0.05) is 17.5 Å². The molecular weight excluding hydrogens is 170 g/mol. The summed E-state index contributed by atoms with van der Waals surface area (Å²) in [5.74, 6) is 1.28. The van der Waals surface area contributed by atoms with E-state index < -0.39 is 0 Å². The maximum absolute atomic E-state index is 4.69. The summed E-state index contributed by atoms with van der Waals surface area (Å²) in [5, 5.41) is 3.79. The van der Waals surface area contributed by atoms with Gasteiger partial charge in [0.05, 0.1) is 0 Å². The van der Waals surface area contributed by atoms with Crippen LogP contribution in [-0.2, 0) is 0 Å². The SMILES string of the molecule is C.S=C(S)NCC1CS1. The summed E-state index contributed by atoms with van der Waals surface area (Å²) >= 11 is 10.6. The lowest BCUT2D eigenvalue weighted by Crippen LogP contribution is -2.20. The molecule has 0 aromatic heterocycles. The first-order chi connectivity index (χ1) is 3.79. The second kappa shape index (κ2) is 4.41. The zero-order chi connectivity index (χ0) is 5.98. The maximum Gasteiger partial charge on any atom is 0.130 e. The van der Waals surface area contributed by atoms with Crippen LogP contribution in [0.5, 0.6) is 0 Å². The minimum atomic E-state index is 0. The summed E-state index contributed by atoms with van der Waals surface area (Å²) in [6.45, 7) is 0.993. The summed E-state index contributed by atoms with van der Waals surface area (Å²) in [7, 11) is 0. The van der Waals surface area contributed by atoms with Crippen LogP contribution in [-0.4, -0.2) is 21.9 Å². The Balaban J connectivity index is 0.000000640. The Morgan fingerprint density at radius 2 is 2.44 bits per heavy atom. The van der Waals surface area contributed by atoms with E-state index in [1.807, 2.05) is 11.8 Å². The summed E-state index contributed by atoms with van der Waals surface area (Å²) in [6, 6.07) is 0. The molecule has 54 valence electrons. The molecule has 0 aliphatic carbocycles. The molecule has 0 radical (unpaired) electrons. The van der Waals surface area contributed by atoms with Crippen LogP contribution in [0.2, 0.25) is 0 Å². The van der Waals surface area contributed by atoms with Crippen molar-refractivity contribution in [2.75, 3.05) is 12.3 Å². The summed E-state index contributed by atoms with van der Waals surface area (Å²) in [6.07, 6.45) is 0. The van der Waals surface area contributed by atoms with Crippen LogP contribution in [0.25, 0.3) is 0 Å². The van der Waals surface area contributed by atoms with E-state index in [1.54, 1.807) is 0 Å². The fraction of sp³-hybridized carbons (Fsp3) is 0.800. The average Bonchev–Trinajstić information content (AvgIpc) is 2.41. The van der Waals surface area contributed by atoms with Crippen LogP contribution in [0.3, 0.4) is 0 Å². The Morgan fingerprint density at radius 3 is 2.78 bits per heavy atom. The lowest BCUT2D eigenvalue weighted by atomic mass is 10.5. The van der Waals surface area contributed by atoms with Gasteiger partial charge in [0.1, 0.15) is 4.32 Å². The zero-order valence-electron chi connectivity index (χ0n) is 4.26. The molecule has 0 saturated carbocycles. The lowest BCUT2D eigenvalue weighted by Gasteiger charge is -1.96. The van der Waals surface area contributed by atoms with Gasteiger partial charge in [0.15, 0.2) is 0 Å². The molecule has 0 aromatic carbocycles. The van der Waals surface area contributed by atoms with E-state index in [0.717, 1.165) is 11.8 Å². The van der Waals surface area contributed by atoms with Gasteiger partial charge >= 0.3 is 0 Å². The highest BCUT2D eigenvalue weighted by Crippen LogP contribution is 2.28. The second-order valence-electron chi connectivity index (χ2n) is 1.64. The molecule has 1 rings (SSSR count). The van der Waals surface area contributed by atoms with Gasteiger partial charge < -0.3 is 5.32 Å². The maximum atomic E-state index is 4.69. The van der Waals surface area contributed by atoms with Crippen LogP contribution >= 0.6 is 36.6 Å². The smallest absolute Gasteiger partial charge is 0.130 e. The van der Waals surface area contributed by atoms with Crippen LogP contribution in [0.4, 0.5) is 0 Å². The third kappa shape index (κ3) is 5.06. The van der Waals surface area contributed by atoms with Crippen molar-refractivity contribution in [2.24, 2.45) is 0 Å². The Bertz CT molecular complexity index is 100. The van der Waals surface area contributed by atoms with Gasteiger partial charge in [0.2, 0.25) is 0 Å². The Hall–Kier alpha value is 0.590. The molecule has 4 heteroatoms. The van der Waals surface area contributed by atoms with Crippen molar-refractivity contribution in [3.8, 4) is 0 Å². The quantitative estimate of drug-likeness (QED) is 0.381. The molecule has 0 bridgehead atoms. The molecule has 0 amide bonds. The van der Waals surface area contributed by atoms with Crippen LogP contribution in [0.1, 0.15) is 7.43 Å². The van der Waals surface area contributed by atoms with E-state index in [4.69, 9.17) is 0 Å². The normalized spacial score (nSPS) is 22.1. The number of thiol groups is 1. The average molecular weight is 181 g/mol. The standard InChI is InChI=1S/C4H7NS3.CH4/c6-4(7)5-1-3-2-8-3;/h3H,1-2H2,(H2,5,6,7);1H4. The van der Waals surface area contributed by atoms with Gasteiger partial charge in [-0.3, -0.25) is 0 Å². The first kappa shape index (κ1) is 9.59. The summed E-state index contributed by atoms with van der Waals surface area (Å²) in [5.41, 5.74) is 0. The fourth-order valence-electron chi connectivity index (χ4n) is 0.387. The first-order valence-electron chi connectivity index (χ1n) is 2.37. The minimum Gasteiger partial charge on any atom is -0.370 e. The van der Waals surface area contributed by atoms with Gasteiger partial charge in [-0.1, -0.05) is 19.6 Å². The monoisotopic (exact) mass is 181 g/mol. The second-order valence-corrected chi connectivity index (χ2v) is 4.13. The van der Waals surface area contributed by atoms with Crippen molar-refractivity contribution in [3.63, 3.8) is 0 Å². The van der Waals surface area contributed by atoms with E-state index in [-0.39, 0.29) is 7.43 Å². The molecule has 1 aliphatic heterocycles. The molecule has 1 N–H and O–H groups in total. The zero-order valence-corrected chi connectivity index (χ0v) is 6.78. The van der Waals surface area contributed by atoms with Crippen molar-refractivity contribution in [3.05, 3.63) is 0 Å². The van der Waals surface area contributed by atoms with Gasteiger partial charge in [-0.2, -0.15) is 11.8 Å². The van der Waals surface area contributed by atoms with E-state index in [0.29, 0.717) is 4.32 Å². The summed E-state index contributed by atoms with van der Waals surface area (Å²) < 4.78 is 0.609. The summed E-state index contributed by atoms with van der Waals surface area (Å²) in [4.78, 5) is 0. The molecular formula is C5H11NS3. The topological polar surface area (TPSA) is 12.0 Å². The molecule has 1 fully saturated rings. The van der Waals surface area contributed by atoms with Gasteiger partial charge in [-0.05, 0) is 0 Å². The highest BCUT2D eigenvalue weighted by atomic mass is 32.2. The van der Waals surface area contributed by atoms with E-state index in [2.05, 4.69) is 30.2 Å². The Morgan fingerprint density at radius 1 is 1.89 bits per heavy atom. The number of hydrogen-bond donors (Lipinski definition) is 2. The molecule has 0 spiro atoms. The molecule has 1 nitrogen and oxygen atoms in total. The third-order valence-electron chi connectivity index (χ3n) is 0.883. The Labute approximate surface area is 71.4 Å². The predicted molar refractivity (Wildman–Crippen MR) is 52.6 cm³/mol. The Kier molecular flexibility index (Phi) is 4.70. The highest BCUT2D eigenvalue weighted by Gasteiger charge is 2.21. The lowest BCUT2D eigenvalue weighted by molar-refractivity contribution is 0.926. The van der Waals surface area contributed by atoms with Crippen LogP contribution in [0.15, 0.2) is 0 Å². The van der Waals surface area contributed by atoms with Gasteiger partial charge in [-0.15, -0.1) is 12.6 Å². The van der Waals surface area contributed by atoms with Crippen molar-refractivity contribution in [1.82, 2.24) is 5.32 Å². The van der Waals surface area contributed by atoms with E-state index in [9.17, 15) is 0 Å². The van der Waals surface area contributed by atoms with Crippen LogP contribution < -0.4 is 5.32 Å². The van der Waals surface area contributed by atoms with Crippen molar-refractivity contribution in [2.45, 2.75) is 12.7 Å². The molecule has 1 aliphatic rings. The van der Waals surface area contributed by atoms with Crippen molar-refractivity contribution < 1.29 is 0 Å². The molecule has 0 aromatic rings. The van der Waals surface area contributed by atoms with Crippen molar-refractivity contribution >= 4 is 40.9 Å². The number of hydrogen-bond acceptors (Lipinski definition) is 2. The first-order valence-corrected chi connectivity index (χ1v) is 4.28. The predicted octanol–water partition coefficient (Wildman–Crippen LogP) is 1.54. The largest absolute Gasteiger partial charge is 0.370 e. The molecule has 1 unspecified atom stereocenters. The number of nitrogens with one attached hydrogen (secondary N) is 1. The molecule has 9 heavy (non-hydrogen) atoms. The van der Waals surface area contributed by atoms with E-state index >= 15 is 0 Å². The molecule has 1 heterocycles. The number of thioether (sulfide) groups is 1. The minimum absolute atomic E-state index is 0. The van der Waals surface area contributed by atoms with Gasteiger partial charge in [0.25, 0.3) is 0 Å². The number of rotatable bonds is 2. The number of thiocarbonyl (C=S) groups is 1. The highest BCUT2D eigenvalue weighted by molar-refractivity contribution is 8.11. The van der Waals surface area contributed by atoms with Crippen molar-refractivity contribution in [1.29, 1.82) is 0 Å². The van der Waals surface area contributed by atoms with Crippen LogP contribution in [0, 0.1) is 0 Å². The fourth-order valence-corrected chi connectivity index (χ4v) is 1.02. The molecule has 1 atom stereocenters. The van der Waals surface area contributed by atoms with Gasteiger partial charge in [-0.25, -0.2) is 0 Å².